The third kappa shape index (κ3) is 4.67. The normalized spacial score (nSPS) is 40.9. The fourth-order valence-electron chi connectivity index (χ4n) is 6.19. The van der Waals surface area contributed by atoms with Crippen LogP contribution in [-0.2, 0) is 38.1 Å². The van der Waals surface area contributed by atoms with Crippen molar-refractivity contribution < 1.29 is 43.2 Å². The molecule has 1 aliphatic heterocycles. The van der Waals surface area contributed by atoms with Crippen molar-refractivity contribution in [3.63, 3.8) is 0 Å². The molecule has 3 rings (SSSR count). The number of esters is 4. The number of rotatable bonds is 3. The molecular formula is C26H35ClO9. The SMILES string of the molecule is C=C1CC[C@H](OC(C)=O)[C@]2(C)[C@@H](OC(C)=O)CCC(=C)[C@H](Cl)[C@@H]3OC(=O)[C@H](C)[C@@]3(O)C(OC(C)=O)[C@@H]12. The molecule has 2 aliphatic carbocycles. The third-order valence-electron chi connectivity index (χ3n) is 8.02. The monoisotopic (exact) mass is 526 g/mol. The Morgan fingerprint density at radius 1 is 0.972 bits per heavy atom. The van der Waals surface area contributed by atoms with Gasteiger partial charge in [0, 0.05) is 26.7 Å². The first-order chi connectivity index (χ1) is 16.6. The van der Waals surface area contributed by atoms with Crippen molar-refractivity contribution in [3.05, 3.63) is 24.3 Å². The van der Waals surface area contributed by atoms with Gasteiger partial charge < -0.3 is 24.1 Å². The molecule has 0 radical (unpaired) electrons. The van der Waals surface area contributed by atoms with Gasteiger partial charge in [0.2, 0.25) is 0 Å². The fourth-order valence-corrected chi connectivity index (χ4v) is 6.55. The van der Waals surface area contributed by atoms with Gasteiger partial charge in [-0.3, -0.25) is 19.2 Å². The number of ether oxygens (including phenoxy) is 4. The number of alkyl halides is 1. The summed E-state index contributed by atoms with van der Waals surface area (Å²) in [6.07, 6.45) is -3.01. The average molecular weight is 527 g/mol. The minimum atomic E-state index is -2.08. The van der Waals surface area contributed by atoms with Gasteiger partial charge in [-0.15, -0.1) is 11.6 Å². The first-order valence-corrected chi connectivity index (χ1v) is 12.5. The summed E-state index contributed by atoms with van der Waals surface area (Å²) in [5, 5.41) is 11.3. The van der Waals surface area contributed by atoms with E-state index >= 15 is 0 Å². The molecule has 3 fully saturated rings. The summed E-state index contributed by atoms with van der Waals surface area (Å²) < 4.78 is 22.9. The number of halogens is 1. The topological polar surface area (TPSA) is 125 Å². The van der Waals surface area contributed by atoms with Crippen molar-refractivity contribution >= 4 is 35.5 Å². The molecule has 0 amide bonds. The van der Waals surface area contributed by atoms with Gasteiger partial charge in [0.05, 0.1) is 16.7 Å². The van der Waals surface area contributed by atoms with Crippen LogP contribution in [0.1, 0.15) is 60.3 Å². The Kier molecular flexibility index (Phi) is 7.96. The number of aliphatic hydroxyl groups is 1. The highest BCUT2D eigenvalue weighted by Crippen LogP contribution is 2.57. The Morgan fingerprint density at radius 3 is 1.92 bits per heavy atom. The summed E-state index contributed by atoms with van der Waals surface area (Å²) >= 11 is 6.71. The molecule has 2 saturated carbocycles. The minimum absolute atomic E-state index is 0.251. The highest BCUT2D eigenvalue weighted by Gasteiger charge is 2.69. The zero-order chi connectivity index (χ0) is 27.2. The number of carbonyl (C=O) groups excluding carboxylic acids is 4. The molecule has 1 N–H and O–H groups in total. The van der Waals surface area contributed by atoms with Crippen molar-refractivity contribution in [2.24, 2.45) is 17.3 Å². The van der Waals surface area contributed by atoms with Crippen LogP contribution < -0.4 is 0 Å². The van der Waals surface area contributed by atoms with Gasteiger partial charge in [-0.25, -0.2) is 0 Å². The first-order valence-electron chi connectivity index (χ1n) is 12.1. The maximum Gasteiger partial charge on any atom is 0.312 e. The van der Waals surface area contributed by atoms with Crippen LogP contribution in [-0.4, -0.2) is 64.4 Å². The Labute approximate surface area is 216 Å². The lowest BCUT2D eigenvalue weighted by atomic mass is 9.54. The van der Waals surface area contributed by atoms with Gasteiger partial charge in [-0.05, 0) is 32.6 Å². The molecule has 0 aromatic carbocycles. The van der Waals surface area contributed by atoms with Gasteiger partial charge in [0.15, 0.2) is 11.7 Å². The van der Waals surface area contributed by atoms with E-state index < -0.39 is 76.5 Å². The van der Waals surface area contributed by atoms with E-state index in [1.807, 2.05) is 0 Å². The molecule has 3 aliphatic rings. The molecule has 10 heteroatoms. The standard InChI is InChI=1S/C26H35ClO9/c1-12-8-10-18(33-15(4)28)25(7)19(34-16(5)29)11-9-13(2)21(27)23-26(32,14(3)24(31)36-23)22(20(12)25)35-17(6)30/h14,18-23,32H,1-2,8-11H2,3-7H3/t14-,18-,19-,20+,21-,22?,23-,25+,26+/m0/s1. The number of hydrogen-bond donors (Lipinski definition) is 1. The van der Waals surface area contributed by atoms with E-state index in [0.717, 1.165) is 0 Å². The smallest absolute Gasteiger partial charge is 0.312 e. The van der Waals surface area contributed by atoms with E-state index in [0.29, 0.717) is 24.0 Å². The predicted octanol–water partition coefficient (Wildman–Crippen LogP) is 3.00. The highest BCUT2D eigenvalue weighted by atomic mass is 35.5. The molecule has 0 bridgehead atoms. The second-order valence-electron chi connectivity index (χ2n) is 10.3. The second kappa shape index (κ2) is 10.2. The molecule has 0 aromatic heterocycles. The summed E-state index contributed by atoms with van der Waals surface area (Å²) in [7, 11) is 0. The number of hydrogen-bond acceptors (Lipinski definition) is 9. The zero-order valence-electron chi connectivity index (χ0n) is 21.4. The lowest BCUT2D eigenvalue weighted by Crippen LogP contribution is -2.67. The van der Waals surface area contributed by atoms with Crippen LogP contribution in [0.25, 0.3) is 0 Å². The maximum atomic E-state index is 12.8. The quantitative estimate of drug-likeness (QED) is 0.255. The van der Waals surface area contributed by atoms with Gasteiger partial charge in [0.25, 0.3) is 0 Å². The molecule has 9 nitrogen and oxygen atoms in total. The molecule has 200 valence electrons. The van der Waals surface area contributed by atoms with Gasteiger partial charge in [0.1, 0.15) is 18.3 Å². The van der Waals surface area contributed by atoms with Gasteiger partial charge >= 0.3 is 23.9 Å². The number of fused-ring (bicyclic) bond motifs is 2. The Bertz CT molecular complexity index is 976. The van der Waals surface area contributed by atoms with E-state index in [4.69, 9.17) is 30.5 Å². The Hall–Kier alpha value is -2.39. The Morgan fingerprint density at radius 2 is 1.44 bits per heavy atom. The summed E-state index contributed by atoms with van der Waals surface area (Å²) in [5.41, 5.74) is -2.24. The summed E-state index contributed by atoms with van der Waals surface area (Å²) in [4.78, 5) is 49.6. The van der Waals surface area contributed by atoms with Crippen molar-refractivity contribution in [2.45, 2.75) is 95.7 Å². The van der Waals surface area contributed by atoms with Crippen LogP contribution in [0.3, 0.4) is 0 Å². The van der Waals surface area contributed by atoms with Gasteiger partial charge in [-0.2, -0.15) is 0 Å². The molecule has 1 unspecified atom stereocenters. The van der Waals surface area contributed by atoms with Crippen molar-refractivity contribution in [2.75, 3.05) is 0 Å². The van der Waals surface area contributed by atoms with Crippen LogP contribution >= 0.6 is 11.6 Å². The van der Waals surface area contributed by atoms with Crippen LogP contribution in [0.15, 0.2) is 24.3 Å². The molecule has 36 heavy (non-hydrogen) atoms. The lowest BCUT2D eigenvalue weighted by molar-refractivity contribution is -0.222. The zero-order valence-corrected chi connectivity index (χ0v) is 22.1. The maximum absolute atomic E-state index is 12.8. The molecule has 0 spiro atoms. The van der Waals surface area contributed by atoms with Crippen LogP contribution in [0, 0.1) is 17.3 Å². The molecule has 1 saturated heterocycles. The Balaban J connectivity index is 2.34. The van der Waals surface area contributed by atoms with Crippen LogP contribution in [0.2, 0.25) is 0 Å². The van der Waals surface area contributed by atoms with Crippen molar-refractivity contribution in [1.82, 2.24) is 0 Å². The van der Waals surface area contributed by atoms with Gasteiger partial charge in [-0.1, -0.05) is 31.2 Å². The molecule has 0 aromatic rings. The predicted molar refractivity (Wildman–Crippen MR) is 129 cm³/mol. The second-order valence-corrected chi connectivity index (χ2v) is 10.8. The van der Waals surface area contributed by atoms with E-state index in [2.05, 4.69) is 13.2 Å². The summed E-state index contributed by atoms with van der Waals surface area (Å²) in [6.45, 7) is 15.2. The molecular weight excluding hydrogens is 492 g/mol. The summed E-state index contributed by atoms with van der Waals surface area (Å²) in [5.74, 6) is -4.52. The van der Waals surface area contributed by atoms with E-state index in [-0.39, 0.29) is 12.8 Å². The average Bonchev–Trinajstić information content (AvgIpc) is 3.00. The largest absolute Gasteiger partial charge is 0.462 e. The van der Waals surface area contributed by atoms with Crippen molar-refractivity contribution in [3.8, 4) is 0 Å². The molecule has 1 heterocycles. The van der Waals surface area contributed by atoms with E-state index in [1.54, 1.807) is 6.92 Å². The van der Waals surface area contributed by atoms with E-state index in [9.17, 15) is 24.3 Å². The number of carbonyl (C=O) groups is 4. The highest BCUT2D eigenvalue weighted by molar-refractivity contribution is 6.23. The van der Waals surface area contributed by atoms with Crippen LogP contribution in [0.4, 0.5) is 0 Å². The third-order valence-corrected chi connectivity index (χ3v) is 8.56. The minimum Gasteiger partial charge on any atom is -0.462 e. The van der Waals surface area contributed by atoms with Crippen LogP contribution in [0.5, 0.6) is 0 Å². The fraction of sp³-hybridized carbons (Fsp3) is 0.692. The van der Waals surface area contributed by atoms with Crippen molar-refractivity contribution in [1.29, 1.82) is 0 Å². The lowest BCUT2D eigenvalue weighted by Gasteiger charge is -2.56. The summed E-state index contributed by atoms with van der Waals surface area (Å²) in [6, 6.07) is 0. The molecule has 9 atom stereocenters. The van der Waals surface area contributed by atoms with E-state index in [1.165, 1.54) is 27.7 Å². The first kappa shape index (κ1) is 28.2.